The zero-order valence-electron chi connectivity index (χ0n) is 13.1. The second-order valence-electron chi connectivity index (χ2n) is 7.13. The summed E-state index contributed by atoms with van der Waals surface area (Å²) in [6.45, 7) is 4.00. The van der Waals surface area contributed by atoms with E-state index in [1.807, 2.05) is 0 Å². The fraction of sp³-hybridized carbons (Fsp3) is 0.684. The maximum absolute atomic E-state index is 2.85. The molecule has 0 aliphatic carbocycles. The standard InChI is InChI=1S/C19H28N2/c1-3-9-16(10-4-1)18-15-19(20-12-6-2-7-13-20)17-11-5-8-14-21(17)18/h1,3-4,9-10,17-19H,2,5-8,11-15H2/t17-,18-,19-/m0/s1. The van der Waals surface area contributed by atoms with Crippen molar-refractivity contribution in [1.29, 1.82) is 0 Å². The molecule has 0 saturated carbocycles. The van der Waals surface area contributed by atoms with Gasteiger partial charge in [-0.25, -0.2) is 0 Å². The molecule has 3 aliphatic heterocycles. The Hall–Kier alpha value is -0.860. The Kier molecular flexibility index (Phi) is 4.00. The summed E-state index contributed by atoms with van der Waals surface area (Å²) in [6, 6.07) is 13.6. The maximum Gasteiger partial charge on any atom is 0.0367 e. The number of rotatable bonds is 2. The highest BCUT2D eigenvalue weighted by Crippen LogP contribution is 2.43. The molecule has 0 aromatic heterocycles. The van der Waals surface area contributed by atoms with Gasteiger partial charge in [0.1, 0.15) is 0 Å². The van der Waals surface area contributed by atoms with Crippen molar-refractivity contribution in [2.75, 3.05) is 19.6 Å². The average molecular weight is 284 g/mol. The van der Waals surface area contributed by atoms with E-state index in [2.05, 4.69) is 40.1 Å². The Balaban J connectivity index is 1.58. The van der Waals surface area contributed by atoms with Crippen LogP contribution < -0.4 is 0 Å². The summed E-state index contributed by atoms with van der Waals surface area (Å²) < 4.78 is 0. The van der Waals surface area contributed by atoms with Crippen LogP contribution >= 0.6 is 0 Å². The van der Waals surface area contributed by atoms with E-state index in [0.717, 1.165) is 12.1 Å². The number of piperidine rings is 2. The predicted octanol–water partition coefficient (Wildman–Crippen LogP) is 3.84. The van der Waals surface area contributed by atoms with Crippen LogP contribution in [0.25, 0.3) is 0 Å². The molecular weight excluding hydrogens is 256 g/mol. The Labute approximate surface area is 129 Å². The Bertz CT molecular complexity index is 452. The van der Waals surface area contributed by atoms with Crippen molar-refractivity contribution in [2.45, 2.75) is 63.1 Å². The second-order valence-corrected chi connectivity index (χ2v) is 7.13. The van der Waals surface area contributed by atoms with Gasteiger partial charge in [0.05, 0.1) is 0 Å². The normalized spacial score (nSPS) is 34.8. The molecule has 3 saturated heterocycles. The molecule has 2 nitrogen and oxygen atoms in total. The molecule has 3 fully saturated rings. The van der Waals surface area contributed by atoms with E-state index >= 15 is 0 Å². The van der Waals surface area contributed by atoms with Crippen LogP contribution in [-0.4, -0.2) is 41.5 Å². The summed E-state index contributed by atoms with van der Waals surface area (Å²) in [6.07, 6.45) is 9.89. The highest BCUT2D eigenvalue weighted by molar-refractivity contribution is 5.22. The topological polar surface area (TPSA) is 6.48 Å². The lowest BCUT2D eigenvalue weighted by Crippen LogP contribution is -2.48. The van der Waals surface area contributed by atoms with Crippen LogP contribution in [-0.2, 0) is 0 Å². The van der Waals surface area contributed by atoms with E-state index < -0.39 is 0 Å². The molecule has 0 N–H and O–H groups in total. The van der Waals surface area contributed by atoms with Gasteiger partial charge in [-0.15, -0.1) is 0 Å². The number of hydrogen-bond acceptors (Lipinski definition) is 2. The molecule has 0 amide bonds. The first-order chi connectivity index (χ1) is 10.4. The van der Waals surface area contributed by atoms with Crippen LogP contribution in [0.15, 0.2) is 30.3 Å². The molecule has 1 aromatic carbocycles. The van der Waals surface area contributed by atoms with Gasteiger partial charge in [-0.2, -0.15) is 0 Å². The largest absolute Gasteiger partial charge is 0.299 e. The smallest absolute Gasteiger partial charge is 0.0367 e. The maximum atomic E-state index is 2.85. The highest BCUT2D eigenvalue weighted by atomic mass is 15.3. The second kappa shape index (κ2) is 6.10. The number of likely N-dealkylation sites (tertiary alicyclic amines) is 1. The molecule has 3 heterocycles. The molecule has 0 bridgehead atoms. The molecule has 21 heavy (non-hydrogen) atoms. The quantitative estimate of drug-likeness (QED) is 0.814. The molecule has 2 heteroatoms. The molecule has 1 aromatic rings. The fourth-order valence-electron chi connectivity index (χ4n) is 4.95. The van der Waals surface area contributed by atoms with E-state index in [9.17, 15) is 0 Å². The van der Waals surface area contributed by atoms with Crippen molar-refractivity contribution >= 4 is 0 Å². The zero-order chi connectivity index (χ0) is 14.1. The highest BCUT2D eigenvalue weighted by Gasteiger charge is 2.44. The van der Waals surface area contributed by atoms with Crippen molar-refractivity contribution in [1.82, 2.24) is 9.80 Å². The van der Waals surface area contributed by atoms with Crippen LogP contribution in [0.3, 0.4) is 0 Å². The minimum Gasteiger partial charge on any atom is -0.299 e. The third kappa shape index (κ3) is 2.64. The average Bonchev–Trinajstić information content (AvgIpc) is 2.96. The molecule has 3 aliphatic rings. The summed E-state index contributed by atoms with van der Waals surface area (Å²) in [5.41, 5.74) is 1.55. The van der Waals surface area contributed by atoms with E-state index in [4.69, 9.17) is 0 Å². The van der Waals surface area contributed by atoms with Gasteiger partial charge in [0.25, 0.3) is 0 Å². The van der Waals surface area contributed by atoms with Crippen LogP contribution in [0, 0.1) is 0 Å². The van der Waals surface area contributed by atoms with Gasteiger partial charge in [0, 0.05) is 18.1 Å². The van der Waals surface area contributed by atoms with E-state index in [-0.39, 0.29) is 0 Å². The lowest BCUT2D eigenvalue weighted by Gasteiger charge is -2.40. The van der Waals surface area contributed by atoms with Gasteiger partial charge in [-0.05, 0) is 57.3 Å². The summed E-state index contributed by atoms with van der Waals surface area (Å²) in [7, 11) is 0. The van der Waals surface area contributed by atoms with E-state index in [1.165, 1.54) is 64.6 Å². The fourth-order valence-corrected chi connectivity index (χ4v) is 4.95. The van der Waals surface area contributed by atoms with Crippen molar-refractivity contribution in [3.05, 3.63) is 35.9 Å². The summed E-state index contributed by atoms with van der Waals surface area (Å²) in [4.78, 5) is 5.67. The third-order valence-corrected chi connectivity index (χ3v) is 5.95. The van der Waals surface area contributed by atoms with Gasteiger partial charge in [-0.3, -0.25) is 9.80 Å². The van der Waals surface area contributed by atoms with Crippen LogP contribution in [0.1, 0.15) is 56.6 Å². The lowest BCUT2D eigenvalue weighted by atomic mass is 9.96. The Morgan fingerprint density at radius 1 is 0.762 bits per heavy atom. The Morgan fingerprint density at radius 3 is 2.33 bits per heavy atom. The zero-order valence-corrected chi connectivity index (χ0v) is 13.1. The summed E-state index contributed by atoms with van der Waals surface area (Å²) >= 11 is 0. The minimum absolute atomic E-state index is 0.670. The molecule has 0 unspecified atom stereocenters. The first-order valence-electron chi connectivity index (χ1n) is 8.98. The van der Waals surface area contributed by atoms with Crippen molar-refractivity contribution in [3.63, 3.8) is 0 Å². The summed E-state index contributed by atoms with van der Waals surface area (Å²) in [5, 5.41) is 0. The van der Waals surface area contributed by atoms with Gasteiger partial charge in [-0.1, -0.05) is 43.2 Å². The number of nitrogens with zero attached hydrogens (tertiary/aromatic N) is 2. The molecular formula is C19H28N2. The van der Waals surface area contributed by atoms with E-state index in [0.29, 0.717) is 6.04 Å². The lowest BCUT2D eigenvalue weighted by molar-refractivity contribution is 0.0894. The van der Waals surface area contributed by atoms with Crippen LogP contribution in [0.2, 0.25) is 0 Å². The Morgan fingerprint density at radius 2 is 1.52 bits per heavy atom. The molecule has 0 radical (unpaired) electrons. The van der Waals surface area contributed by atoms with Crippen LogP contribution in [0.5, 0.6) is 0 Å². The number of fused-ring (bicyclic) bond motifs is 1. The van der Waals surface area contributed by atoms with Gasteiger partial charge in [0.15, 0.2) is 0 Å². The van der Waals surface area contributed by atoms with Crippen molar-refractivity contribution < 1.29 is 0 Å². The minimum atomic E-state index is 0.670. The van der Waals surface area contributed by atoms with Gasteiger partial charge < -0.3 is 0 Å². The summed E-state index contributed by atoms with van der Waals surface area (Å²) in [5.74, 6) is 0. The SMILES string of the molecule is c1ccc([C@@H]2C[C@H](N3CCCCC3)[C@@H]3CCCCN23)cc1. The van der Waals surface area contributed by atoms with Gasteiger partial charge >= 0.3 is 0 Å². The first kappa shape index (κ1) is 13.8. The molecule has 4 rings (SSSR count). The molecule has 3 atom stereocenters. The predicted molar refractivity (Wildman–Crippen MR) is 87.4 cm³/mol. The third-order valence-electron chi connectivity index (χ3n) is 5.95. The van der Waals surface area contributed by atoms with Crippen molar-refractivity contribution in [3.8, 4) is 0 Å². The number of hydrogen-bond donors (Lipinski definition) is 0. The first-order valence-corrected chi connectivity index (χ1v) is 8.98. The van der Waals surface area contributed by atoms with Crippen LogP contribution in [0.4, 0.5) is 0 Å². The molecule has 114 valence electrons. The van der Waals surface area contributed by atoms with E-state index in [1.54, 1.807) is 5.56 Å². The van der Waals surface area contributed by atoms with Gasteiger partial charge in [0.2, 0.25) is 0 Å². The number of benzene rings is 1. The monoisotopic (exact) mass is 284 g/mol. The van der Waals surface area contributed by atoms with Crippen molar-refractivity contribution in [2.24, 2.45) is 0 Å². The molecule has 0 spiro atoms.